The number of carbonyl (C=O) groups is 1. The molecule has 5 rings (SSSR count). The second-order valence-electron chi connectivity index (χ2n) is 12.1. The van der Waals surface area contributed by atoms with Crippen molar-refractivity contribution in [2.24, 2.45) is 16.7 Å². The van der Waals surface area contributed by atoms with Crippen LogP contribution in [-0.2, 0) is 17.9 Å². The van der Waals surface area contributed by atoms with Gasteiger partial charge in [-0.15, -0.1) is 0 Å². The van der Waals surface area contributed by atoms with Gasteiger partial charge >= 0.3 is 0 Å². The largest absolute Gasteiger partial charge is 0.489 e. The summed E-state index contributed by atoms with van der Waals surface area (Å²) in [4.78, 5) is 18.2. The van der Waals surface area contributed by atoms with Crippen LogP contribution in [0.5, 0.6) is 5.75 Å². The molecule has 34 heavy (non-hydrogen) atoms. The molecule has 0 N–H and O–H groups in total. The minimum atomic E-state index is 0.205. The van der Waals surface area contributed by atoms with Crippen molar-refractivity contribution in [3.05, 3.63) is 65.7 Å². The van der Waals surface area contributed by atoms with Crippen LogP contribution in [0.15, 0.2) is 54.6 Å². The van der Waals surface area contributed by atoms with Crippen LogP contribution >= 0.6 is 0 Å². The molecule has 0 radical (unpaired) electrons. The van der Waals surface area contributed by atoms with E-state index in [1.165, 1.54) is 24.0 Å². The van der Waals surface area contributed by atoms with Gasteiger partial charge in [0.2, 0.25) is 5.91 Å². The molecule has 2 aromatic carbocycles. The van der Waals surface area contributed by atoms with Gasteiger partial charge < -0.3 is 9.64 Å². The van der Waals surface area contributed by atoms with Gasteiger partial charge in [-0.2, -0.15) is 0 Å². The van der Waals surface area contributed by atoms with E-state index in [9.17, 15) is 4.79 Å². The fourth-order valence-corrected chi connectivity index (χ4v) is 6.98. The van der Waals surface area contributed by atoms with Crippen molar-refractivity contribution in [3.63, 3.8) is 0 Å². The maximum atomic E-state index is 13.5. The first-order chi connectivity index (χ1) is 16.3. The number of likely N-dealkylation sites (tertiary alicyclic amines) is 2. The lowest BCUT2D eigenvalue weighted by Crippen LogP contribution is -2.44. The SMILES string of the molecule is CC1(C)CC2CC(C)(CN2C(=O)C2CCN(Cc3ccc(OCc4ccccc4)cc3)CC2)C1. The summed E-state index contributed by atoms with van der Waals surface area (Å²) in [6.07, 6.45) is 5.58. The molecule has 4 nitrogen and oxygen atoms in total. The highest BCUT2D eigenvalue weighted by molar-refractivity contribution is 5.79. The summed E-state index contributed by atoms with van der Waals surface area (Å²) >= 11 is 0. The molecule has 0 aromatic heterocycles. The van der Waals surface area contributed by atoms with Gasteiger partial charge in [0, 0.05) is 25.0 Å². The molecule has 3 aliphatic rings. The molecule has 2 aromatic rings. The smallest absolute Gasteiger partial charge is 0.226 e. The lowest BCUT2D eigenvalue weighted by atomic mass is 9.65. The Morgan fingerprint density at radius 3 is 2.35 bits per heavy atom. The average molecular weight is 461 g/mol. The summed E-state index contributed by atoms with van der Waals surface area (Å²) in [5.41, 5.74) is 3.16. The Labute approximate surface area is 205 Å². The molecule has 2 unspecified atom stereocenters. The van der Waals surface area contributed by atoms with Gasteiger partial charge in [-0.1, -0.05) is 63.2 Å². The third-order valence-electron chi connectivity index (χ3n) is 8.21. The van der Waals surface area contributed by atoms with Crippen molar-refractivity contribution in [3.8, 4) is 5.75 Å². The predicted molar refractivity (Wildman–Crippen MR) is 136 cm³/mol. The molecule has 1 amide bonds. The van der Waals surface area contributed by atoms with E-state index in [1.54, 1.807) is 0 Å². The predicted octanol–water partition coefficient (Wildman–Crippen LogP) is 5.90. The normalized spacial score (nSPS) is 27.0. The van der Waals surface area contributed by atoms with E-state index in [0.717, 1.165) is 51.2 Å². The number of rotatable bonds is 6. The number of ether oxygens (including phenoxy) is 1. The summed E-state index contributed by atoms with van der Waals surface area (Å²) in [6, 6.07) is 19.2. The van der Waals surface area contributed by atoms with Crippen LogP contribution in [0.3, 0.4) is 0 Å². The van der Waals surface area contributed by atoms with Crippen LogP contribution in [0, 0.1) is 16.7 Å². The highest BCUT2D eigenvalue weighted by atomic mass is 16.5. The summed E-state index contributed by atoms with van der Waals surface area (Å²) in [5, 5.41) is 0. The number of fused-ring (bicyclic) bond motifs is 2. The van der Waals surface area contributed by atoms with E-state index in [4.69, 9.17) is 4.74 Å². The van der Waals surface area contributed by atoms with Gasteiger partial charge in [-0.3, -0.25) is 9.69 Å². The number of carbonyl (C=O) groups excluding carboxylic acids is 1. The molecular weight excluding hydrogens is 420 g/mol. The molecule has 3 fully saturated rings. The monoisotopic (exact) mass is 460 g/mol. The number of nitrogens with zero attached hydrogens (tertiary/aromatic N) is 2. The quantitative estimate of drug-likeness (QED) is 0.538. The molecule has 1 aliphatic carbocycles. The van der Waals surface area contributed by atoms with E-state index in [1.807, 2.05) is 18.2 Å². The summed E-state index contributed by atoms with van der Waals surface area (Å²) in [5.74, 6) is 1.55. The van der Waals surface area contributed by atoms with Crippen LogP contribution in [0.4, 0.5) is 0 Å². The summed E-state index contributed by atoms with van der Waals surface area (Å²) in [6.45, 7) is 11.7. The fraction of sp³-hybridized carbons (Fsp3) is 0.567. The standard InChI is InChI=1S/C30H40N2O2/c1-29(2)17-26-18-30(3,21-29)22-32(26)28(33)25-13-15-31(16-14-25)19-23-9-11-27(12-10-23)34-20-24-7-5-4-6-8-24/h4-12,25-26H,13-22H2,1-3H3. The molecule has 0 spiro atoms. The van der Waals surface area contributed by atoms with Crippen molar-refractivity contribution >= 4 is 5.91 Å². The van der Waals surface area contributed by atoms with Crippen LogP contribution < -0.4 is 4.74 Å². The van der Waals surface area contributed by atoms with E-state index >= 15 is 0 Å². The Balaban J connectivity index is 1.09. The maximum Gasteiger partial charge on any atom is 0.226 e. The Hall–Kier alpha value is -2.33. The average Bonchev–Trinajstić information content (AvgIpc) is 3.08. The molecule has 2 heterocycles. The second kappa shape index (κ2) is 9.37. The topological polar surface area (TPSA) is 32.8 Å². The minimum Gasteiger partial charge on any atom is -0.489 e. The Kier molecular flexibility index (Phi) is 6.45. The molecule has 2 bridgehead atoms. The highest BCUT2D eigenvalue weighted by Crippen LogP contribution is 2.52. The third-order valence-corrected chi connectivity index (χ3v) is 8.21. The Morgan fingerprint density at radius 2 is 1.65 bits per heavy atom. The first-order valence-corrected chi connectivity index (χ1v) is 13.1. The third kappa shape index (κ3) is 5.33. The molecule has 2 aliphatic heterocycles. The molecular formula is C30H40N2O2. The van der Waals surface area contributed by atoms with E-state index in [-0.39, 0.29) is 5.92 Å². The molecule has 4 heteroatoms. The molecule has 2 saturated heterocycles. The number of piperidine rings is 1. The zero-order chi connectivity index (χ0) is 23.8. The highest BCUT2D eigenvalue weighted by Gasteiger charge is 2.51. The fourth-order valence-electron chi connectivity index (χ4n) is 6.98. The van der Waals surface area contributed by atoms with Crippen molar-refractivity contribution in [1.82, 2.24) is 9.80 Å². The van der Waals surface area contributed by atoms with E-state index in [2.05, 4.69) is 67.0 Å². The number of hydrogen-bond acceptors (Lipinski definition) is 3. The molecule has 2 atom stereocenters. The van der Waals surface area contributed by atoms with Gasteiger partial charge in [0.15, 0.2) is 0 Å². The second-order valence-corrected chi connectivity index (χ2v) is 12.1. The zero-order valence-electron chi connectivity index (χ0n) is 21.1. The van der Waals surface area contributed by atoms with E-state index < -0.39 is 0 Å². The lowest BCUT2D eigenvalue weighted by Gasteiger charge is -2.40. The Bertz CT molecular complexity index is 979. The summed E-state index contributed by atoms with van der Waals surface area (Å²) in [7, 11) is 0. The van der Waals surface area contributed by atoms with Crippen molar-refractivity contribution < 1.29 is 9.53 Å². The number of amides is 1. The maximum absolute atomic E-state index is 13.5. The zero-order valence-corrected chi connectivity index (χ0v) is 21.1. The van der Waals surface area contributed by atoms with Gasteiger partial charge in [-0.05, 0) is 79.3 Å². The molecule has 1 saturated carbocycles. The van der Waals surface area contributed by atoms with Crippen LogP contribution in [0.25, 0.3) is 0 Å². The van der Waals surface area contributed by atoms with Crippen molar-refractivity contribution in [2.45, 2.75) is 72.1 Å². The minimum absolute atomic E-state index is 0.205. The summed E-state index contributed by atoms with van der Waals surface area (Å²) < 4.78 is 5.92. The van der Waals surface area contributed by atoms with Gasteiger partial charge in [0.25, 0.3) is 0 Å². The van der Waals surface area contributed by atoms with Gasteiger partial charge in [0.1, 0.15) is 12.4 Å². The molecule has 182 valence electrons. The Morgan fingerprint density at radius 1 is 0.941 bits per heavy atom. The van der Waals surface area contributed by atoms with Crippen LogP contribution in [-0.4, -0.2) is 41.4 Å². The van der Waals surface area contributed by atoms with Crippen molar-refractivity contribution in [1.29, 1.82) is 0 Å². The number of benzene rings is 2. The first kappa shape index (κ1) is 23.4. The van der Waals surface area contributed by atoms with Crippen LogP contribution in [0.1, 0.15) is 64.0 Å². The number of hydrogen-bond donors (Lipinski definition) is 0. The van der Waals surface area contributed by atoms with Crippen molar-refractivity contribution in [2.75, 3.05) is 19.6 Å². The van der Waals surface area contributed by atoms with E-state index in [0.29, 0.717) is 29.4 Å². The first-order valence-electron chi connectivity index (χ1n) is 13.1. The van der Waals surface area contributed by atoms with Gasteiger partial charge in [0.05, 0.1) is 0 Å². The van der Waals surface area contributed by atoms with Gasteiger partial charge in [-0.25, -0.2) is 0 Å². The lowest BCUT2D eigenvalue weighted by molar-refractivity contribution is -0.138. The van der Waals surface area contributed by atoms with Crippen LogP contribution in [0.2, 0.25) is 0 Å².